The fraction of sp³-hybridized carbons (Fsp3) is 1.00. The normalized spacial score (nSPS) is 43.7. The predicted octanol–water partition coefficient (Wildman–Crippen LogP) is 0.966. The number of methoxy groups -OCH3 is 2. The number of ether oxygens (including phenoxy) is 3. The quantitative estimate of drug-likeness (QED) is 0.734. The molecule has 0 amide bonds. The van der Waals surface area contributed by atoms with Gasteiger partial charge in [-0.2, -0.15) is 0 Å². The van der Waals surface area contributed by atoms with Crippen LogP contribution in [0.5, 0.6) is 0 Å². The van der Waals surface area contributed by atoms with Crippen LogP contribution in [0.1, 0.15) is 26.7 Å². The third kappa shape index (κ3) is 1.78. The summed E-state index contributed by atoms with van der Waals surface area (Å²) in [4.78, 5) is 0. The molecule has 0 radical (unpaired) electrons. The van der Waals surface area contributed by atoms with E-state index in [1.807, 2.05) is 13.8 Å². The molecule has 0 aromatic rings. The molecule has 16 heavy (non-hydrogen) atoms. The molecule has 1 aliphatic carbocycles. The molecular weight excluding hydrogens is 208 g/mol. The molecule has 0 bridgehead atoms. The topological polar surface area (TPSA) is 51.2 Å². The Kier molecular flexibility index (Phi) is 3.03. The lowest BCUT2D eigenvalue weighted by molar-refractivity contribution is -0.166. The number of rotatable bonds is 3. The molecule has 4 nitrogen and oxygen atoms in total. The Labute approximate surface area is 96.9 Å². The van der Waals surface area contributed by atoms with E-state index in [2.05, 4.69) is 0 Å². The molecule has 4 heteroatoms. The van der Waals surface area contributed by atoms with Crippen LogP contribution in [0, 0.1) is 5.92 Å². The first-order chi connectivity index (χ1) is 7.47. The minimum absolute atomic E-state index is 0.0822. The summed E-state index contributed by atoms with van der Waals surface area (Å²) in [5.74, 6) is 0.0822. The Balaban J connectivity index is 2.27. The number of aliphatic hydroxyl groups is 1. The van der Waals surface area contributed by atoms with E-state index in [4.69, 9.17) is 14.2 Å². The van der Waals surface area contributed by atoms with Crippen molar-refractivity contribution in [3.63, 3.8) is 0 Å². The molecule has 2 rings (SSSR count). The second-order valence-electron chi connectivity index (χ2n) is 5.45. The number of aliphatic hydroxyl groups excluding tert-OH is 1. The number of hydrogen-bond donors (Lipinski definition) is 1. The zero-order valence-electron chi connectivity index (χ0n) is 10.5. The van der Waals surface area contributed by atoms with Crippen molar-refractivity contribution < 1.29 is 19.3 Å². The maximum absolute atomic E-state index is 10.0. The maximum atomic E-state index is 10.0. The van der Waals surface area contributed by atoms with Crippen molar-refractivity contribution in [1.29, 1.82) is 0 Å². The van der Waals surface area contributed by atoms with Gasteiger partial charge in [-0.05, 0) is 26.7 Å². The second-order valence-corrected chi connectivity index (χ2v) is 5.45. The van der Waals surface area contributed by atoms with Crippen molar-refractivity contribution in [2.45, 2.75) is 50.1 Å². The largest absolute Gasteiger partial charge is 0.390 e. The SMILES string of the molecule is COC1C(O)CCC2(CO2)C1C(C)(C)OC. The van der Waals surface area contributed by atoms with Crippen molar-refractivity contribution in [3.8, 4) is 0 Å². The molecule has 1 saturated heterocycles. The lowest BCUT2D eigenvalue weighted by Gasteiger charge is -2.46. The van der Waals surface area contributed by atoms with Crippen LogP contribution in [0.2, 0.25) is 0 Å². The summed E-state index contributed by atoms with van der Waals surface area (Å²) in [7, 11) is 3.35. The smallest absolute Gasteiger partial charge is 0.0998 e. The molecule has 1 heterocycles. The Morgan fingerprint density at radius 1 is 1.38 bits per heavy atom. The van der Waals surface area contributed by atoms with Crippen molar-refractivity contribution in [2.75, 3.05) is 20.8 Å². The first-order valence-electron chi connectivity index (χ1n) is 5.87. The Bertz CT molecular complexity index is 258. The van der Waals surface area contributed by atoms with Gasteiger partial charge in [-0.25, -0.2) is 0 Å². The van der Waals surface area contributed by atoms with E-state index in [0.29, 0.717) is 0 Å². The average Bonchev–Trinajstić information content (AvgIpc) is 3.02. The molecule has 1 spiro atoms. The minimum Gasteiger partial charge on any atom is -0.390 e. The molecule has 1 N–H and O–H groups in total. The highest BCUT2D eigenvalue weighted by Crippen LogP contribution is 2.51. The Morgan fingerprint density at radius 3 is 2.44 bits per heavy atom. The minimum atomic E-state index is -0.417. The van der Waals surface area contributed by atoms with Crippen molar-refractivity contribution in [3.05, 3.63) is 0 Å². The summed E-state index contributed by atoms with van der Waals surface area (Å²) in [6, 6.07) is 0. The van der Waals surface area contributed by atoms with Crippen LogP contribution in [-0.4, -0.2) is 49.3 Å². The molecule has 94 valence electrons. The van der Waals surface area contributed by atoms with Crippen LogP contribution in [0.4, 0.5) is 0 Å². The summed E-state index contributed by atoms with van der Waals surface area (Å²) in [5, 5.41) is 10.0. The van der Waals surface area contributed by atoms with Crippen molar-refractivity contribution in [1.82, 2.24) is 0 Å². The van der Waals surface area contributed by atoms with Gasteiger partial charge >= 0.3 is 0 Å². The van der Waals surface area contributed by atoms with Crippen molar-refractivity contribution in [2.24, 2.45) is 5.92 Å². The number of hydrogen-bond acceptors (Lipinski definition) is 4. The molecule has 0 aromatic carbocycles. The van der Waals surface area contributed by atoms with Gasteiger partial charge in [0.05, 0.1) is 30.0 Å². The van der Waals surface area contributed by atoms with Gasteiger partial charge in [0, 0.05) is 20.1 Å². The van der Waals surface area contributed by atoms with Crippen LogP contribution in [0.15, 0.2) is 0 Å². The van der Waals surface area contributed by atoms with Crippen molar-refractivity contribution >= 4 is 0 Å². The maximum Gasteiger partial charge on any atom is 0.0998 e. The monoisotopic (exact) mass is 230 g/mol. The fourth-order valence-corrected chi connectivity index (χ4v) is 3.10. The van der Waals surface area contributed by atoms with Gasteiger partial charge in [0.15, 0.2) is 0 Å². The standard InChI is InChI=1S/C12H22O4/c1-11(2,15-4)10-9(14-3)8(13)5-6-12(10)7-16-12/h8-10,13H,5-7H2,1-4H3. The van der Waals surface area contributed by atoms with Gasteiger partial charge in [-0.3, -0.25) is 0 Å². The van der Waals surface area contributed by atoms with Crippen LogP contribution < -0.4 is 0 Å². The molecule has 2 fully saturated rings. The van der Waals surface area contributed by atoms with E-state index in [-0.39, 0.29) is 23.2 Å². The highest BCUT2D eigenvalue weighted by atomic mass is 16.6. The lowest BCUT2D eigenvalue weighted by Crippen LogP contribution is -2.57. The fourth-order valence-electron chi connectivity index (χ4n) is 3.10. The van der Waals surface area contributed by atoms with Gasteiger partial charge < -0.3 is 19.3 Å². The average molecular weight is 230 g/mol. The van der Waals surface area contributed by atoms with Crippen LogP contribution in [0.3, 0.4) is 0 Å². The van der Waals surface area contributed by atoms with Gasteiger partial charge in [-0.15, -0.1) is 0 Å². The highest BCUT2D eigenvalue weighted by molar-refractivity contribution is 5.11. The predicted molar refractivity (Wildman–Crippen MR) is 59.3 cm³/mol. The van der Waals surface area contributed by atoms with E-state index >= 15 is 0 Å². The van der Waals surface area contributed by atoms with Crippen LogP contribution in [-0.2, 0) is 14.2 Å². The third-order valence-electron chi connectivity index (χ3n) is 4.20. The summed E-state index contributed by atoms with van der Waals surface area (Å²) >= 11 is 0. The van der Waals surface area contributed by atoms with Gasteiger partial charge in [0.1, 0.15) is 0 Å². The molecule has 2 aliphatic rings. The van der Waals surface area contributed by atoms with E-state index in [9.17, 15) is 5.11 Å². The molecule has 4 atom stereocenters. The third-order valence-corrected chi connectivity index (χ3v) is 4.20. The molecule has 1 aliphatic heterocycles. The first kappa shape index (κ1) is 12.3. The highest BCUT2D eigenvalue weighted by Gasteiger charge is 2.63. The molecule has 0 aromatic heterocycles. The van der Waals surface area contributed by atoms with E-state index in [1.165, 1.54) is 0 Å². The summed E-state index contributed by atoms with van der Waals surface area (Å²) in [5.41, 5.74) is -0.474. The number of epoxide rings is 1. The second kappa shape index (κ2) is 3.95. The zero-order valence-corrected chi connectivity index (χ0v) is 10.5. The summed E-state index contributed by atoms with van der Waals surface area (Å²) < 4.78 is 16.7. The van der Waals surface area contributed by atoms with Gasteiger partial charge in [0.25, 0.3) is 0 Å². The first-order valence-corrected chi connectivity index (χ1v) is 5.87. The van der Waals surface area contributed by atoms with Gasteiger partial charge in [-0.1, -0.05) is 0 Å². The van der Waals surface area contributed by atoms with E-state index < -0.39 is 6.10 Å². The van der Waals surface area contributed by atoms with E-state index in [0.717, 1.165) is 19.4 Å². The summed E-state index contributed by atoms with van der Waals surface area (Å²) in [6.07, 6.45) is 1.02. The molecule has 4 unspecified atom stereocenters. The Morgan fingerprint density at radius 2 is 2.00 bits per heavy atom. The van der Waals surface area contributed by atoms with Gasteiger partial charge in [0.2, 0.25) is 0 Å². The van der Waals surface area contributed by atoms with Crippen LogP contribution in [0.25, 0.3) is 0 Å². The Hall–Kier alpha value is -0.160. The van der Waals surface area contributed by atoms with E-state index in [1.54, 1.807) is 14.2 Å². The zero-order chi connectivity index (χ0) is 12.0. The lowest BCUT2D eigenvalue weighted by atomic mass is 9.68. The summed E-state index contributed by atoms with van der Waals surface area (Å²) in [6.45, 7) is 4.83. The molecular formula is C12H22O4. The van der Waals surface area contributed by atoms with Crippen LogP contribution >= 0.6 is 0 Å². The molecule has 1 saturated carbocycles.